The first-order chi connectivity index (χ1) is 14.7. The number of amides is 1. The normalized spacial score (nSPS) is 18.4. The van der Waals surface area contributed by atoms with Gasteiger partial charge in [0.2, 0.25) is 0 Å². The summed E-state index contributed by atoms with van der Waals surface area (Å²) in [4.78, 5) is 18.8. The maximum atomic E-state index is 13.4. The van der Waals surface area contributed by atoms with E-state index >= 15 is 0 Å². The van der Waals surface area contributed by atoms with Gasteiger partial charge in [-0.3, -0.25) is 4.79 Å². The number of benzene rings is 1. The Bertz CT molecular complexity index is 1170. The van der Waals surface area contributed by atoms with Crippen LogP contribution in [0.1, 0.15) is 40.0 Å². The van der Waals surface area contributed by atoms with Crippen LogP contribution in [0.2, 0.25) is 0 Å². The minimum absolute atomic E-state index is 0.0292. The lowest BCUT2D eigenvalue weighted by Gasteiger charge is -2.45. The molecule has 1 amide bonds. The maximum Gasteiger partial charge on any atom is 0.420 e. The lowest BCUT2D eigenvalue weighted by Crippen LogP contribution is -2.57. The molecule has 2 aliphatic rings. The first-order valence-electron chi connectivity index (χ1n) is 10.1. The second-order valence-electron chi connectivity index (χ2n) is 8.30. The molecule has 0 radical (unpaired) electrons. The summed E-state index contributed by atoms with van der Waals surface area (Å²) in [7, 11) is 0. The fourth-order valence-electron chi connectivity index (χ4n) is 4.64. The topological polar surface area (TPSA) is 49.6 Å². The van der Waals surface area contributed by atoms with Gasteiger partial charge < -0.3 is 14.6 Å². The van der Waals surface area contributed by atoms with Gasteiger partial charge in [-0.2, -0.15) is 13.2 Å². The molecular formula is C22H20BrF3N4O. The third-order valence-electron chi connectivity index (χ3n) is 6.35. The average Bonchev–Trinajstić information content (AvgIpc) is 3.16. The van der Waals surface area contributed by atoms with E-state index in [0.717, 1.165) is 31.9 Å². The number of likely N-dealkylation sites (tertiary alicyclic amines) is 1. The molecule has 0 aliphatic carbocycles. The monoisotopic (exact) mass is 492 g/mol. The van der Waals surface area contributed by atoms with Crippen molar-refractivity contribution in [2.24, 2.45) is 0 Å². The van der Waals surface area contributed by atoms with E-state index in [-0.39, 0.29) is 27.3 Å². The molecular weight excluding hydrogens is 473 g/mol. The standard InChI is InChI=1S/C22H20BrF3N4O/c23-16-9-17(22(24,25)26)19-28-18(13-30(19)12-16)20(31)29-7-5-21(6-8-29)10-14-3-1-2-4-15(14)11-27-21/h1-4,9,12-13,27H,5-8,10-11H2. The van der Waals surface area contributed by atoms with Crippen LogP contribution in [0.3, 0.4) is 0 Å². The van der Waals surface area contributed by atoms with E-state index in [1.165, 1.54) is 27.9 Å². The van der Waals surface area contributed by atoms with E-state index in [1.807, 2.05) is 12.1 Å². The smallest absolute Gasteiger partial charge is 0.337 e. The molecule has 1 spiro atoms. The molecule has 0 unspecified atom stereocenters. The van der Waals surface area contributed by atoms with Crippen LogP contribution in [0.15, 0.2) is 47.2 Å². The molecule has 1 aromatic carbocycles. The van der Waals surface area contributed by atoms with Gasteiger partial charge in [-0.15, -0.1) is 0 Å². The van der Waals surface area contributed by atoms with E-state index in [1.54, 1.807) is 4.90 Å². The summed E-state index contributed by atoms with van der Waals surface area (Å²) in [5.41, 5.74) is 1.50. The highest BCUT2D eigenvalue weighted by molar-refractivity contribution is 9.10. The number of fused-ring (bicyclic) bond motifs is 2. The molecule has 0 atom stereocenters. The van der Waals surface area contributed by atoms with E-state index in [9.17, 15) is 18.0 Å². The predicted octanol–water partition coefficient (Wildman–Crippen LogP) is 4.44. The molecule has 1 fully saturated rings. The number of carbonyl (C=O) groups excluding carboxylic acids is 1. The molecule has 2 aromatic heterocycles. The van der Waals surface area contributed by atoms with E-state index in [0.29, 0.717) is 13.1 Å². The minimum atomic E-state index is -4.56. The van der Waals surface area contributed by atoms with Crippen molar-refractivity contribution in [2.75, 3.05) is 13.1 Å². The van der Waals surface area contributed by atoms with Gasteiger partial charge in [0.05, 0.1) is 5.56 Å². The van der Waals surface area contributed by atoms with Crippen molar-refractivity contribution in [1.29, 1.82) is 0 Å². The van der Waals surface area contributed by atoms with Gasteiger partial charge in [-0.1, -0.05) is 24.3 Å². The Morgan fingerprint density at radius 2 is 1.84 bits per heavy atom. The summed E-state index contributed by atoms with van der Waals surface area (Å²) in [6, 6.07) is 9.35. The van der Waals surface area contributed by atoms with Crippen molar-refractivity contribution in [1.82, 2.24) is 19.6 Å². The fraction of sp³-hybridized carbons (Fsp3) is 0.364. The average molecular weight is 493 g/mol. The number of hydrogen-bond acceptors (Lipinski definition) is 3. The molecule has 4 heterocycles. The van der Waals surface area contributed by atoms with Gasteiger partial charge in [0, 0.05) is 42.0 Å². The Labute approximate surface area is 185 Å². The molecule has 3 aromatic rings. The van der Waals surface area contributed by atoms with Gasteiger partial charge in [0.25, 0.3) is 5.91 Å². The first-order valence-corrected chi connectivity index (χ1v) is 10.9. The highest BCUT2D eigenvalue weighted by atomic mass is 79.9. The molecule has 2 aliphatic heterocycles. The second kappa shape index (κ2) is 7.34. The third kappa shape index (κ3) is 3.74. The molecule has 9 heteroatoms. The van der Waals surface area contributed by atoms with Crippen molar-refractivity contribution >= 4 is 27.5 Å². The quantitative estimate of drug-likeness (QED) is 0.546. The summed E-state index contributed by atoms with van der Waals surface area (Å²) in [5.74, 6) is -0.334. The van der Waals surface area contributed by atoms with Crippen LogP contribution in [0.5, 0.6) is 0 Å². The number of nitrogens with zero attached hydrogens (tertiary/aromatic N) is 3. The summed E-state index contributed by atoms with van der Waals surface area (Å²) in [6.07, 6.45) is 0.791. The molecule has 162 valence electrons. The summed E-state index contributed by atoms with van der Waals surface area (Å²) >= 11 is 3.10. The molecule has 31 heavy (non-hydrogen) atoms. The highest BCUT2D eigenvalue weighted by Crippen LogP contribution is 2.35. The molecule has 1 N–H and O–H groups in total. The van der Waals surface area contributed by atoms with Gasteiger partial charge in [-0.05, 0) is 52.4 Å². The number of piperidine rings is 1. The Balaban J connectivity index is 1.35. The Kier molecular flexibility index (Phi) is 4.86. The van der Waals surface area contributed by atoms with Gasteiger partial charge in [0.1, 0.15) is 11.3 Å². The number of rotatable bonds is 1. The SMILES string of the molecule is O=C(c1cn2cc(Br)cc(C(F)(F)F)c2n1)N1CCC2(CC1)Cc1ccccc1CN2. The Hall–Kier alpha value is -2.39. The number of imidazole rings is 1. The Morgan fingerprint density at radius 1 is 1.13 bits per heavy atom. The number of hydrogen-bond donors (Lipinski definition) is 1. The predicted molar refractivity (Wildman–Crippen MR) is 113 cm³/mol. The zero-order valence-electron chi connectivity index (χ0n) is 16.5. The zero-order chi connectivity index (χ0) is 21.8. The van der Waals surface area contributed by atoms with Crippen molar-refractivity contribution in [2.45, 2.75) is 37.5 Å². The van der Waals surface area contributed by atoms with Crippen LogP contribution >= 0.6 is 15.9 Å². The van der Waals surface area contributed by atoms with Gasteiger partial charge in [0.15, 0.2) is 0 Å². The number of pyridine rings is 1. The molecule has 0 bridgehead atoms. The number of aromatic nitrogens is 2. The molecule has 5 rings (SSSR count). The highest BCUT2D eigenvalue weighted by Gasteiger charge is 2.39. The van der Waals surface area contributed by atoms with Crippen molar-refractivity contribution in [3.8, 4) is 0 Å². The summed E-state index contributed by atoms with van der Waals surface area (Å²) in [6.45, 7) is 1.89. The lowest BCUT2D eigenvalue weighted by atomic mass is 9.78. The number of halogens is 4. The largest absolute Gasteiger partial charge is 0.420 e. The Morgan fingerprint density at radius 3 is 2.55 bits per heavy atom. The third-order valence-corrected chi connectivity index (χ3v) is 6.78. The van der Waals surface area contributed by atoms with Gasteiger partial charge >= 0.3 is 6.18 Å². The van der Waals surface area contributed by atoms with Crippen LogP contribution in [0.25, 0.3) is 5.65 Å². The molecule has 1 saturated heterocycles. The van der Waals surface area contributed by atoms with E-state index < -0.39 is 11.7 Å². The van der Waals surface area contributed by atoms with Crippen LogP contribution < -0.4 is 5.32 Å². The van der Waals surface area contributed by atoms with Crippen molar-refractivity contribution in [3.63, 3.8) is 0 Å². The van der Waals surface area contributed by atoms with Gasteiger partial charge in [-0.25, -0.2) is 4.98 Å². The summed E-state index contributed by atoms with van der Waals surface area (Å²) in [5, 5.41) is 3.65. The maximum absolute atomic E-state index is 13.4. The zero-order valence-corrected chi connectivity index (χ0v) is 18.1. The van der Waals surface area contributed by atoms with Crippen LogP contribution in [0.4, 0.5) is 13.2 Å². The van der Waals surface area contributed by atoms with Crippen LogP contribution in [-0.2, 0) is 19.1 Å². The number of nitrogens with one attached hydrogen (secondary N) is 1. The van der Waals surface area contributed by atoms with Crippen molar-refractivity contribution < 1.29 is 18.0 Å². The second-order valence-corrected chi connectivity index (χ2v) is 9.21. The molecule has 0 saturated carbocycles. The first kappa shape index (κ1) is 20.5. The van der Waals surface area contributed by atoms with Crippen LogP contribution in [-0.4, -0.2) is 38.8 Å². The lowest BCUT2D eigenvalue weighted by molar-refractivity contribution is -0.136. The number of alkyl halides is 3. The van der Waals surface area contributed by atoms with E-state index in [4.69, 9.17) is 0 Å². The minimum Gasteiger partial charge on any atom is -0.337 e. The fourth-order valence-corrected chi connectivity index (χ4v) is 5.09. The van der Waals surface area contributed by atoms with Crippen LogP contribution in [0, 0.1) is 0 Å². The summed E-state index contributed by atoms with van der Waals surface area (Å²) < 4.78 is 41.7. The van der Waals surface area contributed by atoms with Crippen molar-refractivity contribution in [3.05, 3.63) is 69.6 Å². The molecule has 5 nitrogen and oxygen atoms in total. The van der Waals surface area contributed by atoms with E-state index in [2.05, 4.69) is 38.4 Å². The number of carbonyl (C=O) groups is 1.